The third kappa shape index (κ3) is 5.62. The maximum Gasteiger partial charge on any atom is 0.122 e. The summed E-state index contributed by atoms with van der Waals surface area (Å²) in [7, 11) is 2.17. The Bertz CT molecular complexity index is 377. The Labute approximate surface area is 117 Å². The molecule has 3 heteroatoms. The van der Waals surface area contributed by atoms with Crippen LogP contribution in [0.15, 0.2) is 18.2 Å². The first-order chi connectivity index (χ1) is 9.02. The van der Waals surface area contributed by atoms with Gasteiger partial charge < -0.3 is 15.3 Å². The standard InChI is InChI=1S/C16H28N2O/c1-13(2)18(4)11-6-5-10-17-12-15-9-7-8-14(3)16(15)19/h7-9,13,17,19H,5-6,10-12H2,1-4H3. The predicted octanol–water partition coefficient (Wildman–Crippen LogP) is 2.91. The number of phenolic OH excluding ortho intramolecular Hbond substituents is 1. The molecule has 1 aromatic rings. The van der Waals surface area contributed by atoms with Crippen LogP contribution in [0.3, 0.4) is 0 Å². The molecule has 0 atom stereocenters. The quantitative estimate of drug-likeness (QED) is 0.709. The van der Waals surface area contributed by atoms with Crippen LogP contribution in [0.1, 0.15) is 37.8 Å². The molecular formula is C16H28N2O. The summed E-state index contributed by atoms with van der Waals surface area (Å²) in [4.78, 5) is 2.37. The molecule has 0 aliphatic carbocycles. The zero-order valence-corrected chi connectivity index (χ0v) is 12.7. The Hall–Kier alpha value is -1.06. The first-order valence-electron chi connectivity index (χ1n) is 7.20. The lowest BCUT2D eigenvalue weighted by Gasteiger charge is -2.20. The molecule has 19 heavy (non-hydrogen) atoms. The predicted molar refractivity (Wildman–Crippen MR) is 81.6 cm³/mol. The normalized spacial score (nSPS) is 11.5. The van der Waals surface area contributed by atoms with E-state index in [1.165, 1.54) is 12.8 Å². The number of hydrogen-bond acceptors (Lipinski definition) is 3. The fourth-order valence-electron chi connectivity index (χ4n) is 1.95. The molecule has 0 aliphatic rings. The molecule has 3 nitrogen and oxygen atoms in total. The van der Waals surface area contributed by atoms with Crippen LogP contribution in [0.25, 0.3) is 0 Å². The van der Waals surface area contributed by atoms with Crippen LogP contribution < -0.4 is 5.32 Å². The number of para-hydroxylation sites is 1. The lowest BCUT2D eigenvalue weighted by Crippen LogP contribution is -2.27. The van der Waals surface area contributed by atoms with E-state index in [2.05, 4.69) is 31.1 Å². The Kier molecular flexibility index (Phi) is 6.89. The summed E-state index contributed by atoms with van der Waals surface area (Å²) in [6, 6.07) is 6.52. The molecule has 0 radical (unpaired) electrons. The molecule has 108 valence electrons. The minimum absolute atomic E-state index is 0.426. The van der Waals surface area contributed by atoms with Crippen molar-refractivity contribution in [1.29, 1.82) is 0 Å². The van der Waals surface area contributed by atoms with E-state index in [1.54, 1.807) is 0 Å². The summed E-state index contributed by atoms with van der Waals surface area (Å²) < 4.78 is 0. The van der Waals surface area contributed by atoms with E-state index in [0.717, 1.165) is 30.8 Å². The highest BCUT2D eigenvalue weighted by Gasteiger charge is 2.03. The molecule has 0 unspecified atom stereocenters. The van der Waals surface area contributed by atoms with Gasteiger partial charge in [-0.05, 0) is 59.3 Å². The molecule has 0 bridgehead atoms. The van der Waals surface area contributed by atoms with Gasteiger partial charge in [0.2, 0.25) is 0 Å². The number of aryl methyl sites for hydroxylation is 1. The summed E-state index contributed by atoms with van der Waals surface area (Å²) >= 11 is 0. The van der Waals surface area contributed by atoms with Crippen LogP contribution in [-0.2, 0) is 6.54 Å². The summed E-state index contributed by atoms with van der Waals surface area (Å²) in [5.74, 6) is 0.426. The van der Waals surface area contributed by atoms with Gasteiger partial charge >= 0.3 is 0 Å². The minimum Gasteiger partial charge on any atom is -0.507 e. The Balaban J connectivity index is 2.16. The number of phenols is 1. The first kappa shape index (κ1) is 16.0. The van der Waals surface area contributed by atoms with Crippen molar-refractivity contribution >= 4 is 0 Å². The van der Waals surface area contributed by atoms with Gasteiger partial charge in [-0.3, -0.25) is 0 Å². The average molecular weight is 264 g/mol. The molecule has 2 N–H and O–H groups in total. The van der Waals surface area contributed by atoms with Crippen molar-refractivity contribution in [3.63, 3.8) is 0 Å². The first-order valence-corrected chi connectivity index (χ1v) is 7.20. The molecule has 0 fully saturated rings. The monoisotopic (exact) mass is 264 g/mol. The van der Waals surface area contributed by atoms with Crippen molar-refractivity contribution in [2.75, 3.05) is 20.1 Å². The highest BCUT2D eigenvalue weighted by molar-refractivity contribution is 5.39. The molecule has 0 spiro atoms. The van der Waals surface area contributed by atoms with Gasteiger partial charge in [0.25, 0.3) is 0 Å². The van der Waals surface area contributed by atoms with Gasteiger partial charge in [-0.15, -0.1) is 0 Å². The molecule has 0 aliphatic heterocycles. The van der Waals surface area contributed by atoms with Gasteiger partial charge in [0.1, 0.15) is 5.75 Å². The molecule has 1 rings (SSSR count). The summed E-state index contributed by atoms with van der Waals surface area (Å²) in [6.07, 6.45) is 2.38. The summed E-state index contributed by atoms with van der Waals surface area (Å²) in [5.41, 5.74) is 1.93. The van der Waals surface area contributed by atoms with Crippen LogP contribution >= 0.6 is 0 Å². The molecule has 1 aromatic carbocycles. The second kappa shape index (κ2) is 8.18. The highest BCUT2D eigenvalue weighted by atomic mass is 16.3. The highest BCUT2D eigenvalue weighted by Crippen LogP contribution is 2.20. The number of nitrogens with zero attached hydrogens (tertiary/aromatic N) is 1. The van der Waals surface area contributed by atoms with Gasteiger partial charge in [-0.2, -0.15) is 0 Å². The topological polar surface area (TPSA) is 35.5 Å². The van der Waals surface area contributed by atoms with Gasteiger partial charge in [0.05, 0.1) is 0 Å². The fraction of sp³-hybridized carbons (Fsp3) is 0.625. The number of rotatable bonds is 8. The zero-order valence-electron chi connectivity index (χ0n) is 12.7. The van der Waals surface area contributed by atoms with Crippen LogP contribution in [-0.4, -0.2) is 36.2 Å². The molecule has 0 amide bonds. The second-order valence-corrected chi connectivity index (χ2v) is 5.54. The molecular weight excluding hydrogens is 236 g/mol. The van der Waals surface area contributed by atoms with Crippen molar-refractivity contribution in [2.24, 2.45) is 0 Å². The maximum absolute atomic E-state index is 9.89. The van der Waals surface area contributed by atoms with Gasteiger partial charge in [0, 0.05) is 18.2 Å². The largest absolute Gasteiger partial charge is 0.507 e. The van der Waals surface area contributed by atoms with Gasteiger partial charge in [-0.25, -0.2) is 0 Å². The number of aromatic hydroxyl groups is 1. The smallest absolute Gasteiger partial charge is 0.122 e. The van der Waals surface area contributed by atoms with E-state index in [-0.39, 0.29) is 0 Å². The van der Waals surface area contributed by atoms with E-state index in [0.29, 0.717) is 11.8 Å². The Morgan fingerprint density at radius 1 is 1.26 bits per heavy atom. The van der Waals surface area contributed by atoms with E-state index in [1.807, 2.05) is 25.1 Å². The second-order valence-electron chi connectivity index (χ2n) is 5.54. The molecule has 0 saturated carbocycles. The average Bonchev–Trinajstić information content (AvgIpc) is 2.37. The molecule has 0 aromatic heterocycles. The third-order valence-corrected chi connectivity index (χ3v) is 3.63. The lowest BCUT2D eigenvalue weighted by molar-refractivity contribution is 0.268. The minimum atomic E-state index is 0.426. The van der Waals surface area contributed by atoms with E-state index in [9.17, 15) is 5.11 Å². The third-order valence-electron chi connectivity index (χ3n) is 3.63. The van der Waals surface area contributed by atoms with E-state index < -0.39 is 0 Å². The number of unbranched alkanes of at least 4 members (excludes halogenated alkanes) is 1. The fourth-order valence-corrected chi connectivity index (χ4v) is 1.95. The summed E-state index contributed by atoms with van der Waals surface area (Å²) in [6.45, 7) is 9.26. The maximum atomic E-state index is 9.89. The number of hydrogen-bond donors (Lipinski definition) is 2. The van der Waals surface area contributed by atoms with Crippen LogP contribution in [0.5, 0.6) is 5.75 Å². The SMILES string of the molecule is Cc1cccc(CNCCCCN(C)C(C)C)c1O. The van der Waals surface area contributed by atoms with Crippen molar-refractivity contribution in [2.45, 2.75) is 46.2 Å². The van der Waals surface area contributed by atoms with Crippen molar-refractivity contribution in [1.82, 2.24) is 10.2 Å². The van der Waals surface area contributed by atoms with Crippen LogP contribution in [0.2, 0.25) is 0 Å². The molecule has 0 saturated heterocycles. The number of benzene rings is 1. The molecule has 0 heterocycles. The van der Waals surface area contributed by atoms with E-state index in [4.69, 9.17) is 0 Å². The zero-order chi connectivity index (χ0) is 14.3. The van der Waals surface area contributed by atoms with Crippen molar-refractivity contribution in [3.8, 4) is 5.75 Å². The van der Waals surface area contributed by atoms with E-state index >= 15 is 0 Å². The van der Waals surface area contributed by atoms with Crippen molar-refractivity contribution < 1.29 is 5.11 Å². The van der Waals surface area contributed by atoms with Gasteiger partial charge in [-0.1, -0.05) is 18.2 Å². The van der Waals surface area contributed by atoms with Crippen molar-refractivity contribution in [3.05, 3.63) is 29.3 Å². The van der Waals surface area contributed by atoms with Crippen LogP contribution in [0, 0.1) is 6.92 Å². The summed E-state index contributed by atoms with van der Waals surface area (Å²) in [5, 5.41) is 13.3. The van der Waals surface area contributed by atoms with Gasteiger partial charge in [0.15, 0.2) is 0 Å². The lowest BCUT2D eigenvalue weighted by atomic mass is 10.1. The Morgan fingerprint density at radius 2 is 2.00 bits per heavy atom. The van der Waals surface area contributed by atoms with Crippen LogP contribution in [0.4, 0.5) is 0 Å². The number of nitrogens with one attached hydrogen (secondary N) is 1. The Morgan fingerprint density at radius 3 is 2.68 bits per heavy atom.